The molecule has 1 aliphatic carbocycles. The van der Waals surface area contributed by atoms with E-state index in [4.69, 9.17) is 4.74 Å². The fourth-order valence-corrected chi connectivity index (χ4v) is 2.52. The molecule has 19 heavy (non-hydrogen) atoms. The van der Waals surface area contributed by atoms with Crippen molar-refractivity contribution in [3.8, 4) is 0 Å². The van der Waals surface area contributed by atoms with Crippen LogP contribution >= 0.6 is 0 Å². The van der Waals surface area contributed by atoms with Crippen molar-refractivity contribution in [2.45, 2.75) is 39.5 Å². The van der Waals surface area contributed by atoms with E-state index in [-0.39, 0.29) is 11.8 Å². The Bertz CT molecular complexity index is 428. The smallest absolute Gasteiger partial charge is 0.223 e. The number of hydrogen-bond donors (Lipinski definition) is 2. The van der Waals surface area contributed by atoms with Gasteiger partial charge in [0.15, 0.2) is 0 Å². The van der Waals surface area contributed by atoms with Crippen molar-refractivity contribution in [1.29, 1.82) is 0 Å². The third-order valence-corrected chi connectivity index (χ3v) is 3.50. The molecule has 1 amide bonds. The quantitative estimate of drug-likeness (QED) is 0.763. The Balaban J connectivity index is 1.75. The number of hydrogen-bond acceptors (Lipinski definition) is 3. The Morgan fingerprint density at radius 1 is 1.58 bits per heavy atom. The SMILES string of the molecule is CCOCCCNC(=O)C1CCc2nc(C)[nH]c2C1. The minimum Gasteiger partial charge on any atom is -0.382 e. The molecule has 0 aromatic carbocycles. The third-order valence-electron chi connectivity index (χ3n) is 3.50. The van der Waals surface area contributed by atoms with Crippen LogP contribution in [0.15, 0.2) is 0 Å². The van der Waals surface area contributed by atoms with Crippen LogP contribution in [-0.2, 0) is 22.4 Å². The van der Waals surface area contributed by atoms with Crippen LogP contribution in [0.3, 0.4) is 0 Å². The van der Waals surface area contributed by atoms with Gasteiger partial charge in [-0.15, -0.1) is 0 Å². The molecule has 2 rings (SSSR count). The summed E-state index contributed by atoms with van der Waals surface area (Å²) in [5.41, 5.74) is 2.27. The standard InChI is InChI=1S/C14H23N3O2/c1-3-19-8-4-7-15-14(18)11-5-6-12-13(9-11)17-10(2)16-12/h11H,3-9H2,1-2H3,(H,15,18)(H,16,17). The van der Waals surface area contributed by atoms with Gasteiger partial charge >= 0.3 is 0 Å². The molecule has 1 heterocycles. The van der Waals surface area contributed by atoms with E-state index in [1.165, 1.54) is 0 Å². The molecule has 1 aliphatic rings. The number of rotatable bonds is 6. The van der Waals surface area contributed by atoms with E-state index in [0.29, 0.717) is 13.2 Å². The van der Waals surface area contributed by atoms with Gasteiger partial charge in [-0.1, -0.05) is 0 Å². The van der Waals surface area contributed by atoms with Crippen LogP contribution in [0.4, 0.5) is 0 Å². The zero-order valence-electron chi connectivity index (χ0n) is 11.8. The molecular formula is C14H23N3O2. The first-order chi connectivity index (χ1) is 9.20. The summed E-state index contributed by atoms with van der Waals surface area (Å²) in [6.07, 6.45) is 3.46. The number of imidazole rings is 1. The molecule has 1 aromatic rings. The molecule has 0 aliphatic heterocycles. The van der Waals surface area contributed by atoms with Crippen molar-refractivity contribution in [2.75, 3.05) is 19.8 Å². The number of nitrogens with one attached hydrogen (secondary N) is 2. The van der Waals surface area contributed by atoms with Crippen LogP contribution in [0.25, 0.3) is 0 Å². The van der Waals surface area contributed by atoms with Crippen molar-refractivity contribution in [3.63, 3.8) is 0 Å². The molecule has 1 atom stereocenters. The first kappa shape index (κ1) is 14.1. The summed E-state index contributed by atoms with van der Waals surface area (Å²) in [6, 6.07) is 0. The second kappa shape index (κ2) is 6.70. The van der Waals surface area contributed by atoms with Crippen LogP contribution in [-0.4, -0.2) is 35.6 Å². The van der Waals surface area contributed by atoms with Crippen LogP contribution < -0.4 is 5.32 Å². The van der Waals surface area contributed by atoms with Gasteiger partial charge in [-0.3, -0.25) is 4.79 Å². The predicted octanol–water partition coefficient (Wildman–Crippen LogP) is 1.37. The number of carbonyl (C=O) groups excluding carboxylic acids is 1. The normalized spacial score (nSPS) is 18.1. The number of aromatic nitrogens is 2. The molecule has 1 aromatic heterocycles. The molecule has 106 valence electrons. The third kappa shape index (κ3) is 3.80. The van der Waals surface area contributed by atoms with Crippen molar-refractivity contribution in [3.05, 3.63) is 17.2 Å². The van der Waals surface area contributed by atoms with E-state index >= 15 is 0 Å². The summed E-state index contributed by atoms with van der Waals surface area (Å²) in [7, 11) is 0. The van der Waals surface area contributed by atoms with Crippen molar-refractivity contribution >= 4 is 5.91 Å². The maximum absolute atomic E-state index is 12.1. The van der Waals surface area contributed by atoms with E-state index < -0.39 is 0 Å². The van der Waals surface area contributed by atoms with Crippen LogP contribution in [0.2, 0.25) is 0 Å². The largest absolute Gasteiger partial charge is 0.382 e. The first-order valence-electron chi connectivity index (χ1n) is 7.10. The summed E-state index contributed by atoms with van der Waals surface area (Å²) >= 11 is 0. The van der Waals surface area contributed by atoms with Crippen molar-refractivity contribution in [1.82, 2.24) is 15.3 Å². The highest BCUT2D eigenvalue weighted by atomic mass is 16.5. The fraction of sp³-hybridized carbons (Fsp3) is 0.714. The first-order valence-corrected chi connectivity index (χ1v) is 7.10. The van der Waals surface area contributed by atoms with Crippen LogP contribution in [0, 0.1) is 12.8 Å². The number of aryl methyl sites for hydroxylation is 2. The number of nitrogens with zero attached hydrogens (tertiary/aromatic N) is 1. The maximum Gasteiger partial charge on any atom is 0.223 e. The number of H-pyrrole nitrogens is 1. The van der Waals surface area contributed by atoms with Gasteiger partial charge in [-0.2, -0.15) is 0 Å². The molecule has 0 spiro atoms. The number of ether oxygens (including phenoxy) is 1. The van der Waals surface area contributed by atoms with Crippen LogP contribution in [0.1, 0.15) is 37.0 Å². The number of fused-ring (bicyclic) bond motifs is 1. The zero-order chi connectivity index (χ0) is 13.7. The summed E-state index contributed by atoms with van der Waals surface area (Å²) in [5, 5.41) is 3.00. The molecule has 0 bridgehead atoms. The summed E-state index contributed by atoms with van der Waals surface area (Å²) in [4.78, 5) is 19.8. The highest BCUT2D eigenvalue weighted by molar-refractivity contribution is 5.79. The maximum atomic E-state index is 12.1. The molecule has 5 heteroatoms. The Morgan fingerprint density at radius 3 is 3.21 bits per heavy atom. The van der Waals surface area contributed by atoms with E-state index in [9.17, 15) is 4.79 Å². The fourth-order valence-electron chi connectivity index (χ4n) is 2.52. The lowest BCUT2D eigenvalue weighted by molar-refractivity contribution is -0.125. The van der Waals surface area contributed by atoms with Gasteiger partial charge in [-0.05, 0) is 33.1 Å². The number of aromatic amines is 1. The molecule has 0 fully saturated rings. The highest BCUT2D eigenvalue weighted by Gasteiger charge is 2.26. The molecule has 0 saturated heterocycles. The Labute approximate surface area is 114 Å². The van der Waals surface area contributed by atoms with Crippen LogP contribution in [0.5, 0.6) is 0 Å². The lowest BCUT2D eigenvalue weighted by Crippen LogP contribution is -2.35. The van der Waals surface area contributed by atoms with Gasteiger partial charge < -0.3 is 15.0 Å². The second-order valence-corrected chi connectivity index (χ2v) is 5.03. The van der Waals surface area contributed by atoms with Gasteiger partial charge in [0.2, 0.25) is 5.91 Å². The Kier molecular flexibility index (Phi) is 4.96. The molecule has 1 unspecified atom stereocenters. The highest BCUT2D eigenvalue weighted by Crippen LogP contribution is 2.23. The zero-order valence-corrected chi connectivity index (χ0v) is 11.8. The van der Waals surface area contributed by atoms with E-state index in [1.807, 2.05) is 13.8 Å². The molecule has 2 N–H and O–H groups in total. The monoisotopic (exact) mass is 265 g/mol. The second-order valence-electron chi connectivity index (χ2n) is 5.03. The topological polar surface area (TPSA) is 67.0 Å². The average molecular weight is 265 g/mol. The number of amides is 1. The van der Waals surface area contributed by atoms with Crippen molar-refractivity contribution in [2.24, 2.45) is 5.92 Å². The van der Waals surface area contributed by atoms with E-state index in [0.717, 1.165) is 49.5 Å². The minimum atomic E-state index is 0.0828. The molecule has 0 radical (unpaired) electrons. The molecular weight excluding hydrogens is 242 g/mol. The van der Waals surface area contributed by atoms with E-state index in [1.54, 1.807) is 0 Å². The van der Waals surface area contributed by atoms with Gasteiger partial charge in [0.1, 0.15) is 5.82 Å². The number of carbonyl (C=O) groups is 1. The predicted molar refractivity (Wildman–Crippen MR) is 73.0 cm³/mol. The average Bonchev–Trinajstić information content (AvgIpc) is 2.77. The summed E-state index contributed by atoms with van der Waals surface area (Å²) in [5.74, 6) is 1.19. The van der Waals surface area contributed by atoms with Crippen molar-refractivity contribution < 1.29 is 9.53 Å². The van der Waals surface area contributed by atoms with E-state index in [2.05, 4.69) is 15.3 Å². The summed E-state index contributed by atoms with van der Waals surface area (Å²) < 4.78 is 5.25. The van der Waals surface area contributed by atoms with Gasteiger partial charge in [0, 0.05) is 37.8 Å². The van der Waals surface area contributed by atoms with Gasteiger partial charge in [0.25, 0.3) is 0 Å². The van der Waals surface area contributed by atoms with Gasteiger partial charge in [0.05, 0.1) is 5.69 Å². The molecule has 0 saturated carbocycles. The lowest BCUT2D eigenvalue weighted by atomic mass is 9.89. The lowest BCUT2D eigenvalue weighted by Gasteiger charge is -2.20. The summed E-state index contributed by atoms with van der Waals surface area (Å²) in [6.45, 7) is 6.08. The van der Waals surface area contributed by atoms with Gasteiger partial charge in [-0.25, -0.2) is 4.98 Å². The molecule has 5 nitrogen and oxygen atoms in total. The minimum absolute atomic E-state index is 0.0828. The Morgan fingerprint density at radius 2 is 2.42 bits per heavy atom. The Hall–Kier alpha value is -1.36.